The van der Waals surface area contributed by atoms with Gasteiger partial charge in [-0.15, -0.1) is 0 Å². The van der Waals surface area contributed by atoms with E-state index in [1.54, 1.807) is 18.2 Å². The van der Waals surface area contributed by atoms with Crippen LogP contribution in [0.3, 0.4) is 0 Å². The van der Waals surface area contributed by atoms with Gasteiger partial charge in [-0.1, -0.05) is 36.0 Å². The number of amides is 1. The number of hydrogen-bond acceptors (Lipinski definition) is 3. The fraction of sp³-hybridized carbons (Fsp3) is 0.467. The van der Waals surface area contributed by atoms with Crippen molar-refractivity contribution in [1.29, 1.82) is 0 Å². The maximum atomic E-state index is 11.7. The number of ether oxygens (including phenoxy) is 1. The molecule has 0 unspecified atom stereocenters. The van der Waals surface area contributed by atoms with Crippen molar-refractivity contribution in [2.75, 3.05) is 11.9 Å². The highest BCUT2D eigenvalue weighted by Crippen LogP contribution is 2.27. The smallest absolute Gasteiger partial charge is 0.306 e. The van der Waals surface area contributed by atoms with Gasteiger partial charge in [0.25, 0.3) is 5.91 Å². The highest BCUT2D eigenvalue weighted by atomic mass is 35.5. The molecule has 114 valence electrons. The zero-order valence-electron chi connectivity index (χ0n) is 11.5. The Bertz CT molecular complexity index is 507. The predicted octanol–water partition coefficient (Wildman–Crippen LogP) is 4.06. The lowest BCUT2D eigenvalue weighted by Gasteiger charge is -2.09. The van der Waals surface area contributed by atoms with Gasteiger partial charge >= 0.3 is 5.97 Å². The molecule has 1 aliphatic rings. The van der Waals surface area contributed by atoms with Crippen molar-refractivity contribution in [3.8, 4) is 0 Å². The van der Waals surface area contributed by atoms with Crippen molar-refractivity contribution in [2.24, 2.45) is 5.92 Å². The summed E-state index contributed by atoms with van der Waals surface area (Å²) < 4.78 is 4.98. The lowest BCUT2D eigenvalue weighted by Crippen LogP contribution is -2.21. The Morgan fingerprint density at radius 1 is 1.14 bits per heavy atom. The first kappa shape index (κ1) is 16.1. The minimum Gasteiger partial charge on any atom is -0.456 e. The molecule has 0 saturated heterocycles. The fourth-order valence-electron chi connectivity index (χ4n) is 2.48. The number of esters is 1. The van der Waals surface area contributed by atoms with Crippen LogP contribution in [-0.4, -0.2) is 18.5 Å². The van der Waals surface area contributed by atoms with E-state index < -0.39 is 5.91 Å². The van der Waals surface area contributed by atoms with Crippen LogP contribution in [0.1, 0.15) is 32.1 Å². The molecule has 4 nitrogen and oxygen atoms in total. The topological polar surface area (TPSA) is 55.4 Å². The summed E-state index contributed by atoms with van der Waals surface area (Å²) in [4.78, 5) is 23.3. The first-order chi connectivity index (χ1) is 10.0. The molecule has 0 bridgehead atoms. The normalized spacial score (nSPS) is 15.0. The number of benzene rings is 1. The Hall–Kier alpha value is -1.26. The molecule has 1 aliphatic carbocycles. The number of carbonyl (C=O) groups excluding carboxylic acids is 2. The molecule has 1 aromatic rings. The third-order valence-corrected chi connectivity index (χ3v) is 3.88. The van der Waals surface area contributed by atoms with Crippen molar-refractivity contribution in [3.05, 3.63) is 28.2 Å². The average molecular weight is 330 g/mol. The van der Waals surface area contributed by atoms with E-state index in [1.807, 2.05) is 0 Å². The van der Waals surface area contributed by atoms with Gasteiger partial charge in [0.2, 0.25) is 0 Å². The van der Waals surface area contributed by atoms with E-state index >= 15 is 0 Å². The summed E-state index contributed by atoms with van der Waals surface area (Å²) in [6, 6.07) is 4.72. The molecule has 0 spiro atoms. The summed E-state index contributed by atoms with van der Waals surface area (Å²) in [6.45, 7) is -0.296. The Morgan fingerprint density at radius 3 is 2.38 bits per heavy atom. The largest absolute Gasteiger partial charge is 0.456 e. The maximum absolute atomic E-state index is 11.7. The number of carbonyl (C=O) groups is 2. The van der Waals surface area contributed by atoms with Gasteiger partial charge in [0, 0.05) is 22.2 Å². The lowest BCUT2D eigenvalue weighted by molar-refractivity contribution is -0.148. The number of hydrogen-bond donors (Lipinski definition) is 1. The third kappa shape index (κ3) is 5.56. The van der Waals surface area contributed by atoms with E-state index in [1.165, 1.54) is 12.8 Å². The zero-order chi connectivity index (χ0) is 15.2. The molecule has 1 amide bonds. The monoisotopic (exact) mass is 329 g/mol. The van der Waals surface area contributed by atoms with Crippen LogP contribution in [0.15, 0.2) is 18.2 Å². The summed E-state index contributed by atoms with van der Waals surface area (Å²) in [5.74, 6) is -0.318. The fourth-order valence-corrected chi connectivity index (χ4v) is 3.00. The zero-order valence-corrected chi connectivity index (χ0v) is 13.0. The summed E-state index contributed by atoms with van der Waals surface area (Å²) in [5.41, 5.74) is 0.476. The van der Waals surface area contributed by atoms with Crippen molar-refractivity contribution >= 4 is 40.8 Å². The molecule has 1 saturated carbocycles. The van der Waals surface area contributed by atoms with E-state index in [4.69, 9.17) is 27.9 Å². The van der Waals surface area contributed by atoms with Crippen LogP contribution >= 0.6 is 23.2 Å². The molecule has 1 fully saturated rings. The number of rotatable bonds is 5. The predicted molar refractivity (Wildman–Crippen MR) is 82.6 cm³/mol. The summed E-state index contributed by atoms with van der Waals surface area (Å²) >= 11 is 11.7. The molecular weight excluding hydrogens is 313 g/mol. The average Bonchev–Trinajstić information content (AvgIpc) is 2.88. The van der Waals surface area contributed by atoms with Crippen LogP contribution in [0.4, 0.5) is 5.69 Å². The molecule has 2 rings (SSSR count). The second-order valence-corrected chi connectivity index (χ2v) is 6.09. The first-order valence-electron chi connectivity index (χ1n) is 6.94. The summed E-state index contributed by atoms with van der Waals surface area (Å²) in [6.07, 6.45) is 4.89. The standard InChI is InChI=1S/C15H17Cl2NO3/c16-11-6-12(17)8-13(7-11)18-14(19)9-21-15(20)5-10-3-1-2-4-10/h6-8,10H,1-5,9H2,(H,18,19). The van der Waals surface area contributed by atoms with Crippen LogP contribution in [0, 0.1) is 5.92 Å². The van der Waals surface area contributed by atoms with Crippen molar-refractivity contribution in [1.82, 2.24) is 0 Å². The van der Waals surface area contributed by atoms with Gasteiger partial charge in [-0.05, 0) is 37.0 Å². The number of halogens is 2. The number of nitrogens with one attached hydrogen (secondary N) is 1. The van der Waals surface area contributed by atoms with Crippen molar-refractivity contribution in [3.63, 3.8) is 0 Å². The highest BCUT2D eigenvalue weighted by molar-refractivity contribution is 6.35. The molecule has 1 N–H and O–H groups in total. The molecule has 0 aliphatic heterocycles. The Kier molecular flexibility index (Phi) is 5.88. The van der Waals surface area contributed by atoms with Crippen LogP contribution in [-0.2, 0) is 14.3 Å². The van der Waals surface area contributed by atoms with Gasteiger partial charge < -0.3 is 10.1 Å². The van der Waals surface area contributed by atoms with Crippen LogP contribution in [0.5, 0.6) is 0 Å². The van der Waals surface area contributed by atoms with Crippen LogP contribution in [0.25, 0.3) is 0 Å². The second kappa shape index (κ2) is 7.66. The van der Waals surface area contributed by atoms with Gasteiger partial charge in [-0.3, -0.25) is 9.59 Å². The molecule has 0 heterocycles. The van der Waals surface area contributed by atoms with Crippen LogP contribution in [0.2, 0.25) is 10.0 Å². The van der Waals surface area contributed by atoms with E-state index in [9.17, 15) is 9.59 Å². The minimum absolute atomic E-state index is 0.296. The van der Waals surface area contributed by atoms with E-state index in [0.717, 1.165) is 12.8 Å². The van der Waals surface area contributed by atoms with Gasteiger partial charge in [0.1, 0.15) is 0 Å². The summed E-state index contributed by atoms with van der Waals surface area (Å²) in [7, 11) is 0. The molecule has 0 radical (unpaired) electrons. The van der Waals surface area contributed by atoms with Gasteiger partial charge in [-0.2, -0.15) is 0 Å². The summed E-state index contributed by atoms with van der Waals surface area (Å²) in [5, 5.41) is 3.44. The minimum atomic E-state index is -0.409. The highest BCUT2D eigenvalue weighted by Gasteiger charge is 2.19. The van der Waals surface area contributed by atoms with E-state index in [2.05, 4.69) is 5.32 Å². The Labute approximate surface area is 133 Å². The second-order valence-electron chi connectivity index (χ2n) is 5.22. The SMILES string of the molecule is O=C(COC(=O)CC1CCCC1)Nc1cc(Cl)cc(Cl)c1. The third-order valence-electron chi connectivity index (χ3n) is 3.44. The van der Waals surface area contributed by atoms with Crippen molar-refractivity contribution < 1.29 is 14.3 Å². The van der Waals surface area contributed by atoms with Gasteiger partial charge in [0.15, 0.2) is 6.61 Å². The first-order valence-corrected chi connectivity index (χ1v) is 7.70. The lowest BCUT2D eigenvalue weighted by atomic mass is 10.1. The molecular formula is C15H17Cl2NO3. The molecule has 21 heavy (non-hydrogen) atoms. The maximum Gasteiger partial charge on any atom is 0.306 e. The van der Waals surface area contributed by atoms with Crippen LogP contribution < -0.4 is 5.32 Å². The van der Waals surface area contributed by atoms with Gasteiger partial charge in [-0.25, -0.2) is 0 Å². The molecule has 0 atom stereocenters. The molecule has 0 aromatic heterocycles. The van der Waals surface area contributed by atoms with Gasteiger partial charge in [0.05, 0.1) is 0 Å². The van der Waals surface area contributed by atoms with E-state index in [-0.39, 0.29) is 12.6 Å². The molecule has 6 heteroatoms. The molecule has 1 aromatic carbocycles. The quantitative estimate of drug-likeness (QED) is 0.829. The Balaban J connectivity index is 1.75. The Morgan fingerprint density at radius 2 is 1.76 bits per heavy atom. The van der Waals surface area contributed by atoms with Crippen molar-refractivity contribution in [2.45, 2.75) is 32.1 Å². The number of anilines is 1. The van der Waals surface area contributed by atoms with E-state index in [0.29, 0.717) is 28.1 Å².